The Hall–Kier alpha value is -4.32. The van der Waals surface area contributed by atoms with Crippen LogP contribution in [0.1, 0.15) is 57.6 Å². The van der Waals surface area contributed by atoms with E-state index in [1.165, 1.54) is 42.7 Å². The summed E-state index contributed by atoms with van der Waals surface area (Å²) in [5, 5.41) is -1.94. The first kappa shape index (κ1) is 40.9. The van der Waals surface area contributed by atoms with E-state index in [0.717, 1.165) is 11.8 Å². The Balaban J connectivity index is 1.26. The van der Waals surface area contributed by atoms with Crippen LogP contribution in [0, 0.1) is 5.82 Å². The second kappa shape index (κ2) is 16.5. The molecule has 302 valence electrons. The van der Waals surface area contributed by atoms with E-state index in [0.29, 0.717) is 62.5 Å². The first-order valence-electron chi connectivity index (χ1n) is 18.8. The number of aromatic nitrogens is 1. The van der Waals surface area contributed by atoms with Crippen LogP contribution in [-0.2, 0) is 24.3 Å². The third-order valence-corrected chi connectivity index (χ3v) is 19.4. The highest BCUT2D eigenvalue weighted by Gasteiger charge is 2.58. The molecule has 57 heavy (non-hydrogen) atoms. The Morgan fingerprint density at radius 1 is 1.07 bits per heavy atom. The predicted octanol–water partition coefficient (Wildman–Crippen LogP) is 5.49. The molecule has 16 heteroatoms. The summed E-state index contributed by atoms with van der Waals surface area (Å²) in [5.41, 5.74) is 0.751. The molecule has 2 amide bonds. The van der Waals surface area contributed by atoms with Gasteiger partial charge in [-0.05, 0) is 58.9 Å². The molecule has 1 aromatic heterocycles. The molecule has 0 aliphatic carbocycles. The fourth-order valence-corrected chi connectivity index (χ4v) is 15.8. The van der Waals surface area contributed by atoms with Crippen molar-refractivity contribution in [3.8, 4) is 5.75 Å². The van der Waals surface area contributed by atoms with Gasteiger partial charge in [-0.25, -0.2) is 26.9 Å². The molecule has 0 radical (unpaired) electrons. The minimum Gasteiger partial charge on any atom is -0.496 e. The zero-order valence-corrected chi connectivity index (χ0v) is 34.8. The number of nitrogens with zero attached hydrogens (tertiary/aromatic N) is 3. The number of carbonyl (C=O) groups excluding carboxylic acids is 2. The largest absolute Gasteiger partial charge is 0.496 e. The molecule has 4 heterocycles. The minimum atomic E-state index is -4.51. The maximum atomic E-state index is 14.9. The van der Waals surface area contributed by atoms with Crippen molar-refractivity contribution >= 4 is 57.2 Å². The van der Waals surface area contributed by atoms with E-state index < -0.39 is 64.3 Å². The van der Waals surface area contributed by atoms with Gasteiger partial charge in [0.25, 0.3) is 8.32 Å². The number of ether oxygens (including phenoxy) is 3. The van der Waals surface area contributed by atoms with E-state index in [1.54, 1.807) is 20.8 Å². The number of rotatable bonds is 14. The predicted molar refractivity (Wildman–Crippen MR) is 216 cm³/mol. The second-order valence-corrected chi connectivity index (χ2v) is 22.2. The average Bonchev–Trinajstić information content (AvgIpc) is 3.87. The lowest BCUT2D eigenvalue weighted by atomic mass is 10.0. The van der Waals surface area contributed by atoms with E-state index in [4.69, 9.17) is 18.6 Å². The number of sulfonamides is 1. The Bertz CT molecular complexity index is 2180. The zero-order chi connectivity index (χ0) is 40.5. The molecule has 2 unspecified atom stereocenters. The van der Waals surface area contributed by atoms with Gasteiger partial charge in [-0.3, -0.25) is 4.79 Å². The molecule has 0 saturated carbocycles. The first-order valence-corrected chi connectivity index (χ1v) is 23.1. The summed E-state index contributed by atoms with van der Waals surface area (Å²) in [7, 11) is -6.73. The number of hydrogen-bond acceptors (Lipinski definition) is 11. The normalized spacial score (nSPS) is 20.8. The monoisotopic (exact) mass is 835 g/mol. The molecule has 0 bridgehead atoms. The number of fused-ring (bicyclic) bond motifs is 1. The number of oxazole rings is 1. The van der Waals surface area contributed by atoms with E-state index in [2.05, 4.69) is 4.98 Å². The van der Waals surface area contributed by atoms with E-state index in [-0.39, 0.29) is 25.0 Å². The summed E-state index contributed by atoms with van der Waals surface area (Å²) in [5.74, 6) is -0.555. The van der Waals surface area contributed by atoms with Gasteiger partial charge < -0.3 is 28.3 Å². The Labute approximate surface area is 337 Å². The molecule has 0 spiro atoms. The molecule has 7 rings (SSSR count). The Morgan fingerprint density at radius 3 is 2.32 bits per heavy atom. The van der Waals surface area contributed by atoms with Crippen LogP contribution in [0.25, 0.3) is 4.91 Å². The molecule has 3 aliphatic heterocycles. The van der Waals surface area contributed by atoms with Crippen LogP contribution >= 0.6 is 11.8 Å². The summed E-state index contributed by atoms with van der Waals surface area (Å²) in [6.07, 6.45) is 2.47. The number of hydrogen-bond donors (Lipinski definition) is 1. The van der Waals surface area contributed by atoms with Crippen LogP contribution in [0.4, 0.5) is 9.18 Å². The van der Waals surface area contributed by atoms with Gasteiger partial charge in [-0.1, -0.05) is 86.3 Å². The summed E-state index contributed by atoms with van der Waals surface area (Å²) in [6, 6.07) is 21.5. The lowest BCUT2D eigenvalue weighted by Crippen LogP contribution is -2.66. The fraction of sp³-hybridized carbons (Fsp3) is 0.390. The first-order chi connectivity index (χ1) is 27.3. The van der Waals surface area contributed by atoms with Crippen molar-refractivity contribution in [3.05, 3.63) is 114 Å². The quantitative estimate of drug-likeness (QED) is 0.161. The van der Waals surface area contributed by atoms with Crippen molar-refractivity contribution in [2.45, 2.75) is 67.9 Å². The number of Topliss-reactive ketones (excluding diaryl/α,β-unsaturated/α-hetero) is 1. The van der Waals surface area contributed by atoms with Crippen molar-refractivity contribution in [2.75, 3.05) is 33.4 Å². The topological polar surface area (TPSA) is 149 Å². The van der Waals surface area contributed by atoms with Gasteiger partial charge in [0.2, 0.25) is 15.9 Å². The van der Waals surface area contributed by atoms with Crippen LogP contribution < -0.4 is 15.1 Å². The smallest absolute Gasteiger partial charge is 0.335 e. The Morgan fingerprint density at radius 2 is 1.72 bits per heavy atom. The van der Waals surface area contributed by atoms with E-state index >= 15 is 0 Å². The number of carbonyl (C=O) groups is 2. The van der Waals surface area contributed by atoms with Crippen molar-refractivity contribution in [2.24, 2.45) is 0 Å². The molecule has 3 aromatic carbocycles. The van der Waals surface area contributed by atoms with Crippen LogP contribution in [-0.4, -0.2) is 97.7 Å². The van der Waals surface area contributed by atoms with Crippen molar-refractivity contribution in [3.63, 3.8) is 0 Å². The van der Waals surface area contributed by atoms with Crippen LogP contribution in [0.3, 0.4) is 0 Å². The summed E-state index contributed by atoms with van der Waals surface area (Å²) < 4.78 is 68.4. The molecule has 4 aromatic rings. The molecule has 3 atom stereocenters. The Kier molecular flexibility index (Phi) is 11.8. The van der Waals surface area contributed by atoms with Crippen LogP contribution in [0.2, 0.25) is 5.04 Å². The highest BCUT2D eigenvalue weighted by Crippen LogP contribution is 2.51. The molecule has 1 N–H and O–H groups in total. The van der Waals surface area contributed by atoms with Crippen LogP contribution in [0.15, 0.2) is 101 Å². The summed E-state index contributed by atoms with van der Waals surface area (Å²) >= 11 is 1.13. The molecular formula is C41H46FN3O9S2Si. The summed E-state index contributed by atoms with van der Waals surface area (Å²) in [6.45, 7) is 5.22. The van der Waals surface area contributed by atoms with Gasteiger partial charge in [0.15, 0.2) is 5.78 Å². The number of halogens is 1. The van der Waals surface area contributed by atoms with Gasteiger partial charge in [0.1, 0.15) is 34.6 Å². The number of thioether (sulfide) groups is 1. The third-order valence-electron chi connectivity index (χ3n) is 11.1. The summed E-state index contributed by atoms with van der Waals surface area (Å²) in [4.78, 5) is 48.0. The van der Waals surface area contributed by atoms with Crippen molar-refractivity contribution < 1.29 is 45.8 Å². The van der Waals surface area contributed by atoms with Crippen molar-refractivity contribution in [1.29, 1.82) is 0 Å². The lowest BCUT2D eigenvalue weighted by Gasteiger charge is -2.44. The van der Waals surface area contributed by atoms with Crippen LogP contribution in [0.5, 0.6) is 5.75 Å². The maximum Gasteiger partial charge on any atom is 0.335 e. The molecule has 12 nitrogen and oxygen atoms in total. The fourth-order valence-electron chi connectivity index (χ4n) is 8.15. The lowest BCUT2D eigenvalue weighted by molar-refractivity contribution is -0.119. The highest BCUT2D eigenvalue weighted by atomic mass is 32.2. The number of urea groups is 1. The van der Waals surface area contributed by atoms with Gasteiger partial charge in [-0.15, -0.1) is 0 Å². The maximum absolute atomic E-state index is 14.9. The van der Waals surface area contributed by atoms with Gasteiger partial charge in [0, 0.05) is 25.2 Å². The molecule has 2 fully saturated rings. The van der Waals surface area contributed by atoms with E-state index in [1.807, 2.05) is 60.7 Å². The van der Waals surface area contributed by atoms with E-state index in [9.17, 15) is 27.2 Å². The third kappa shape index (κ3) is 7.82. The average molecular weight is 836 g/mol. The second-order valence-electron chi connectivity index (χ2n) is 15.1. The zero-order valence-electron chi connectivity index (χ0n) is 32.2. The molecule has 2 saturated heterocycles. The number of methoxy groups -OCH3 is 1. The standard InChI is InChI=1S/C41H46FN3O9S2Si/c1-27-36(38-43-19-22-53-38)55-39-37(27)56(48,49)45(25-29(46)24-41(2,3)57(50,31-11-7-5-8-12-31)32-13-9-6-10-14-32)40(47)44(39)26-35(54-30-17-20-52-21-18-30)33-23-28(42)15-16-34(33)51-4/h5-16,19,22-23,30,35,37,39,50H,17-18,20-21,24-26H2,1-4H3/t35-,37?,39?/m0/s1. The number of benzene rings is 3. The molecule has 3 aliphatic rings. The minimum absolute atomic E-state index is 0.198. The highest BCUT2D eigenvalue weighted by molar-refractivity contribution is 8.10. The number of amides is 2. The van der Waals surface area contributed by atoms with Gasteiger partial charge >= 0.3 is 6.03 Å². The van der Waals surface area contributed by atoms with Crippen molar-refractivity contribution in [1.82, 2.24) is 14.2 Å². The molecular weight excluding hydrogens is 790 g/mol. The van der Waals surface area contributed by atoms with Gasteiger partial charge in [-0.2, -0.15) is 0 Å². The number of ketones is 1. The van der Waals surface area contributed by atoms with Gasteiger partial charge in [0.05, 0.1) is 37.4 Å². The SMILES string of the molecule is COc1ccc(F)cc1[C@H](CN1C(=O)N(CC(=O)CC(C)(C)[Si](O)(c2ccccc2)c2ccccc2)S(=O)(=O)C2C(C)=C(c3ncco3)SC21)OC1CCOCC1.